The van der Waals surface area contributed by atoms with E-state index in [1.807, 2.05) is 0 Å². The van der Waals surface area contributed by atoms with Crippen LogP contribution in [0.1, 0.15) is 53.1 Å². The molecule has 0 aliphatic heterocycles. The molecule has 0 unspecified atom stereocenters. The zero-order chi connectivity index (χ0) is 25.6. The van der Waals surface area contributed by atoms with E-state index in [0.29, 0.717) is 34.7 Å². The number of hydrogen-bond donors (Lipinski definition) is 1. The summed E-state index contributed by atoms with van der Waals surface area (Å²) in [5, 5.41) is 0. The Kier molecular flexibility index (Phi) is 6.13. The third-order valence-corrected chi connectivity index (χ3v) is 7.92. The number of ketones is 1. The van der Waals surface area contributed by atoms with Crippen LogP contribution in [0, 0.1) is 11.6 Å². The summed E-state index contributed by atoms with van der Waals surface area (Å²) in [5.74, 6) is -2.05. The van der Waals surface area contributed by atoms with Crippen LogP contribution in [0.3, 0.4) is 0 Å². The quantitative estimate of drug-likeness (QED) is 0.456. The molecule has 0 spiro atoms. The van der Waals surface area contributed by atoms with Crippen LogP contribution in [0.5, 0.6) is 0 Å². The van der Waals surface area contributed by atoms with Crippen molar-refractivity contribution in [1.29, 1.82) is 0 Å². The number of Topliss-reactive ketones (excluding diaryl/α,β-unsaturated/α-hetero) is 1. The second kappa shape index (κ2) is 9.14. The zero-order valence-electron chi connectivity index (χ0n) is 19.6. The predicted octanol–water partition coefficient (Wildman–Crippen LogP) is 4.13. The minimum atomic E-state index is -4.08. The van der Waals surface area contributed by atoms with Crippen molar-refractivity contribution in [3.05, 3.63) is 77.1 Å². The fourth-order valence-corrected chi connectivity index (χ4v) is 4.90. The van der Waals surface area contributed by atoms with Gasteiger partial charge in [-0.3, -0.25) is 14.5 Å². The molecular formula is C25H23F2N5O3S. The normalized spacial score (nSPS) is 15.1. The molecule has 2 aromatic heterocycles. The van der Waals surface area contributed by atoms with Gasteiger partial charge in [0.05, 0.1) is 16.9 Å². The van der Waals surface area contributed by atoms with Crippen molar-refractivity contribution in [2.75, 3.05) is 18.3 Å². The highest BCUT2D eigenvalue weighted by molar-refractivity contribution is 7.90. The SMILES string of the molecule is CCN(C)S(=O)(=O)Nc1ccc(F)c(C(=O)C2=CCc3ncc(-c4cnc(C5CC5)nc4)cc32)c1F. The molecule has 36 heavy (non-hydrogen) atoms. The van der Waals surface area contributed by atoms with E-state index in [4.69, 9.17) is 0 Å². The maximum Gasteiger partial charge on any atom is 0.301 e. The smallest absolute Gasteiger partial charge is 0.288 e. The molecular weight excluding hydrogens is 488 g/mol. The highest BCUT2D eigenvalue weighted by Gasteiger charge is 2.30. The number of fused-ring (bicyclic) bond motifs is 1. The van der Waals surface area contributed by atoms with E-state index in [1.165, 1.54) is 7.05 Å². The van der Waals surface area contributed by atoms with Crippen LogP contribution >= 0.6 is 0 Å². The fourth-order valence-electron chi connectivity index (χ4n) is 3.97. The minimum absolute atomic E-state index is 0.0957. The molecule has 0 saturated heterocycles. The molecule has 0 atom stereocenters. The van der Waals surface area contributed by atoms with Crippen molar-refractivity contribution in [3.63, 3.8) is 0 Å². The number of aromatic nitrogens is 3. The minimum Gasteiger partial charge on any atom is -0.288 e. The van der Waals surface area contributed by atoms with Crippen molar-refractivity contribution in [2.24, 2.45) is 0 Å². The molecule has 11 heteroatoms. The number of hydrogen-bond acceptors (Lipinski definition) is 6. The third-order valence-electron chi connectivity index (χ3n) is 6.36. The topological polar surface area (TPSA) is 105 Å². The molecule has 2 aliphatic rings. The van der Waals surface area contributed by atoms with Gasteiger partial charge >= 0.3 is 10.2 Å². The maximum absolute atomic E-state index is 15.3. The van der Waals surface area contributed by atoms with Gasteiger partial charge in [-0.1, -0.05) is 13.0 Å². The lowest BCUT2D eigenvalue weighted by Crippen LogP contribution is -2.32. The maximum atomic E-state index is 15.3. The van der Waals surface area contributed by atoms with Crippen molar-refractivity contribution < 1.29 is 22.0 Å². The molecule has 186 valence electrons. The number of anilines is 1. The molecule has 3 aromatic rings. The Hall–Kier alpha value is -3.57. The Bertz CT molecular complexity index is 1500. The summed E-state index contributed by atoms with van der Waals surface area (Å²) in [5.41, 5.74) is 1.18. The molecule has 1 aromatic carbocycles. The first kappa shape index (κ1) is 24.1. The lowest BCUT2D eigenvalue weighted by atomic mass is 9.96. The number of carbonyl (C=O) groups excluding carboxylic acids is 1. The molecule has 1 saturated carbocycles. The first-order valence-corrected chi connectivity index (χ1v) is 12.9. The number of benzene rings is 1. The average molecular weight is 512 g/mol. The highest BCUT2D eigenvalue weighted by atomic mass is 32.2. The molecule has 1 fully saturated rings. The van der Waals surface area contributed by atoms with E-state index in [-0.39, 0.29) is 12.1 Å². The van der Waals surface area contributed by atoms with E-state index in [2.05, 4.69) is 19.7 Å². The van der Waals surface area contributed by atoms with Gasteiger partial charge in [0.1, 0.15) is 11.6 Å². The standard InChI is InChI=1S/C25H23F2N5O3S/c1-3-32(2)36(34,35)31-21-9-7-19(26)22(23(21)27)24(33)17-6-8-20-18(17)10-15(11-28-20)16-12-29-25(30-13-16)14-4-5-14/h6-7,9-14,31H,3-5,8H2,1-2H3. The molecule has 8 nitrogen and oxygen atoms in total. The second-order valence-electron chi connectivity index (χ2n) is 8.78. The van der Waals surface area contributed by atoms with E-state index < -0.39 is 38.9 Å². The van der Waals surface area contributed by atoms with Gasteiger partial charge in [0.15, 0.2) is 11.6 Å². The highest BCUT2D eigenvalue weighted by Crippen LogP contribution is 2.38. The number of nitrogens with one attached hydrogen (secondary N) is 1. The summed E-state index contributed by atoms with van der Waals surface area (Å²) in [6.07, 6.45) is 9.11. The number of halogens is 2. The molecule has 2 heterocycles. The number of pyridine rings is 1. The van der Waals surface area contributed by atoms with Crippen LogP contribution in [0.2, 0.25) is 0 Å². The van der Waals surface area contributed by atoms with Crippen molar-refractivity contribution in [3.8, 4) is 11.1 Å². The van der Waals surface area contributed by atoms with Crippen molar-refractivity contribution >= 4 is 27.3 Å². The van der Waals surface area contributed by atoms with E-state index in [0.717, 1.165) is 35.1 Å². The monoisotopic (exact) mass is 511 g/mol. The largest absolute Gasteiger partial charge is 0.301 e. The summed E-state index contributed by atoms with van der Waals surface area (Å²) < 4.78 is 57.7. The molecule has 0 bridgehead atoms. The Morgan fingerprint density at radius 2 is 1.81 bits per heavy atom. The number of allylic oxidation sites excluding steroid dienone is 2. The first-order valence-electron chi connectivity index (χ1n) is 11.5. The van der Waals surface area contributed by atoms with Crippen LogP contribution < -0.4 is 4.72 Å². The lowest BCUT2D eigenvalue weighted by Gasteiger charge is -2.17. The Balaban J connectivity index is 1.47. The fraction of sp³-hybridized carbons (Fsp3) is 0.280. The molecule has 2 aliphatic carbocycles. The van der Waals surface area contributed by atoms with E-state index in [9.17, 15) is 17.6 Å². The number of nitrogens with zero attached hydrogens (tertiary/aromatic N) is 4. The van der Waals surface area contributed by atoms with Gasteiger partial charge in [-0.05, 0) is 31.0 Å². The van der Waals surface area contributed by atoms with Gasteiger partial charge in [0, 0.05) is 66.8 Å². The Morgan fingerprint density at radius 1 is 1.11 bits per heavy atom. The number of rotatable bonds is 8. The summed E-state index contributed by atoms with van der Waals surface area (Å²) in [6.45, 7) is 1.74. The zero-order valence-corrected chi connectivity index (χ0v) is 20.4. The molecule has 5 rings (SSSR count). The van der Waals surface area contributed by atoms with Gasteiger partial charge < -0.3 is 0 Å². The summed E-state index contributed by atoms with van der Waals surface area (Å²) in [4.78, 5) is 26.6. The van der Waals surface area contributed by atoms with Crippen LogP contribution in [0.25, 0.3) is 16.7 Å². The average Bonchev–Trinajstić information content (AvgIpc) is 3.64. The lowest BCUT2D eigenvalue weighted by molar-refractivity contribution is 0.104. The van der Waals surface area contributed by atoms with Crippen LogP contribution in [0.15, 0.2) is 42.9 Å². The van der Waals surface area contributed by atoms with Gasteiger partial charge in [-0.15, -0.1) is 0 Å². The van der Waals surface area contributed by atoms with E-state index >= 15 is 4.39 Å². The molecule has 1 N–H and O–H groups in total. The van der Waals surface area contributed by atoms with Gasteiger partial charge in [-0.25, -0.2) is 18.7 Å². The molecule has 0 amide bonds. The van der Waals surface area contributed by atoms with Crippen LogP contribution in [-0.4, -0.2) is 47.1 Å². The van der Waals surface area contributed by atoms with Crippen molar-refractivity contribution in [2.45, 2.75) is 32.1 Å². The summed E-state index contributed by atoms with van der Waals surface area (Å²) in [7, 11) is -2.77. The van der Waals surface area contributed by atoms with Gasteiger partial charge in [0.25, 0.3) is 0 Å². The summed E-state index contributed by atoms with van der Waals surface area (Å²) >= 11 is 0. The Morgan fingerprint density at radius 3 is 2.47 bits per heavy atom. The molecule has 0 radical (unpaired) electrons. The van der Waals surface area contributed by atoms with Gasteiger partial charge in [-0.2, -0.15) is 12.7 Å². The Labute approximate surface area is 207 Å². The summed E-state index contributed by atoms with van der Waals surface area (Å²) in [6, 6.07) is 3.54. The first-order chi connectivity index (χ1) is 17.2. The third kappa shape index (κ3) is 4.40. The predicted molar refractivity (Wildman–Crippen MR) is 130 cm³/mol. The number of carbonyl (C=O) groups is 1. The van der Waals surface area contributed by atoms with Crippen LogP contribution in [0.4, 0.5) is 14.5 Å². The van der Waals surface area contributed by atoms with Crippen molar-refractivity contribution in [1.82, 2.24) is 19.3 Å². The second-order valence-corrected chi connectivity index (χ2v) is 10.6. The van der Waals surface area contributed by atoms with E-state index in [1.54, 1.807) is 37.7 Å². The van der Waals surface area contributed by atoms with Gasteiger partial charge in [0.2, 0.25) is 0 Å². The van der Waals surface area contributed by atoms with Crippen LogP contribution in [-0.2, 0) is 16.6 Å².